The molecule has 0 radical (unpaired) electrons. The van der Waals surface area contributed by atoms with Gasteiger partial charge in [-0.25, -0.2) is 9.97 Å². The van der Waals surface area contributed by atoms with Crippen LogP contribution in [0.25, 0.3) is 6.08 Å². The molecule has 0 unspecified atom stereocenters. The molecule has 2 aromatic carbocycles. The molecule has 3 aromatic rings. The van der Waals surface area contributed by atoms with E-state index in [9.17, 15) is 9.90 Å². The highest BCUT2D eigenvalue weighted by Gasteiger charge is 2.21. The molecule has 1 aliphatic heterocycles. The van der Waals surface area contributed by atoms with Gasteiger partial charge in [0.25, 0.3) is 5.91 Å². The predicted molar refractivity (Wildman–Crippen MR) is 182 cm³/mol. The number of aliphatic hydroxyl groups excluding tert-OH is 1. The highest BCUT2D eigenvalue weighted by Crippen LogP contribution is 2.34. The lowest BCUT2D eigenvalue weighted by Crippen LogP contribution is -2.40. The smallest absolute Gasteiger partial charge is 0.251 e. The van der Waals surface area contributed by atoms with Gasteiger partial charge in [0, 0.05) is 35.9 Å². The summed E-state index contributed by atoms with van der Waals surface area (Å²) in [6, 6.07) is 12.9. The highest BCUT2D eigenvalue weighted by molar-refractivity contribution is 6.32. The minimum atomic E-state index is -0.341. The van der Waals surface area contributed by atoms with Crippen LogP contribution in [0, 0.1) is 0 Å². The van der Waals surface area contributed by atoms with E-state index >= 15 is 0 Å². The number of benzene rings is 2. The molecule has 0 atom stereocenters. The minimum Gasteiger partial charge on any atom is -0.456 e. The third-order valence-electron chi connectivity index (χ3n) is 7.29. The van der Waals surface area contributed by atoms with Gasteiger partial charge in [0.05, 0.1) is 16.7 Å². The maximum absolute atomic E-state index is 12.6. The fraction of sp³-hybridized carbons (Fsp3) is 0.406. The Morgan fingerprint density at radius 2 is 1.86 bits per heavy atom. The van der Waals surface area contributed by atoms with Gasteiger partial charge in [-0.15, -0.1) is 24.8 Å². The Hall–Kier alpha value is -3.08. The largest absolute Gasteiger partial charge is 0.456 e. The number of aromatic nitrogens is 2. The quantitative estimate of drug-likeness (QED) is 0.173. The van der Waals surface area contributed by atoms with Crippen LogP contribution in [0.4, 0.5) is 17.3 Å². The molecule has 2 aliphatic rings. The van der Waals surface area contributed by atoms with Crippen LogP contribution in [0.5, 0.6) is 11.5 Å². The van der Waals surface area contributed by atoms with Crippen molar-refractivity contribution in [2.45, 2.75) is 70.6 Å². The second-order valence-electron chi connectivity index (χ2n) is 12.0. The molecule has 1 saturated carbocycles. The number of aliphatic hydroxyl groups is 1. The van der Waals surface area contributed by atoms with Crippen molar-refractivity contribution in [1.29, 1.82) is 0 Å². The summed E-state index contributed by atoms with van der Waals surface area (Å²) < 4.78 is 6.03. The van der Waals surface area contributed by atoms with Gasteiger partial charge in [0.2, 0.25) is 0 Å². The molecule has 0 bridgehead atoms. The van der Waals surface area contributed by atoms with Crippen molar-refractivity contribution >= 4 is 65.7 Å². The Morgan fingerprint density at radius 1 is 1.09 bits per heavy atom. The van der Waals surface area contributed by atoms with E-state index in [0.717, 1.165) is 62.3 Å². The van der Waals surface area contributed by atoms with Gasteiger partial charge in [0.1, 0.15) is 29.5 Å². The molecule has 5 rings (SSSR count). The average molecular weight is 664 g/mol. The molecule has 0 saturated heterocycles. The maximum Gasteiger partial charge on any atom is 0.251 e. The third kappa shape index (κ3) is 9.71. The van der Waals surface area contributed by atoms with E-state index in [2.05, 4.69) is 37.3 Å². The Bertz CT molecular complexity index is 1460. The Kier molecular flexibility index (Phi) is 12.7. The summed E-state index contributed by atoms with van der Waals surface area (Å²) in [7, 11) is 0. The number of hydrogen-bond donors (Lipinski definition) is 5. The van der Waals surface area contributed by atoms with Gasteiger partial charge in [0.15, 0.2) is 0 Å². The molecule has 2 heterocycles. The van der Waals surface area contributed by atoms with Crippen molar-refractivity contribution in [2.75, 3.05) is 23.7 Å². The van der Waals surface area contributed by atoms with E-state index < -0.39 is 0 Å². The number of ether oxygens (including phenoxy) is 1. The Morgan fingerprint density at radius 3 is 2.59 bits per heavy atom. The molecule has 12 heteroatoms. The Labute approximate surface area is 276 Å². The first-order chi connectivity index (χ1) is 20.1. The van der Waals surface area contributed by atoms with Crippen molar-refractivity contribution in [1.82, 2.24) is 20.6 Å². The first kappa shape index (κ1) is 35.4. The molecule has 0 spiro atoms. The second-order valence-corrected chi connectivity index (χ2v) is 12.4. The lowest BCUT2D eigenvalue weighted by molar-refractivity contribution is 0.0919. The fourth-order valence-electron chi connectivity index (χ4n) is 5.12. The van der Waals surface area contributed by atoms with Gasteiger partial charge >= 0.3 is 0 Å². The number of carbonyl (C=O) groups is 1. The molecule has 1 aliphatic carbocycles. The maximum atomic E-state index is 12.6. The Balaban J connectivity index is 0.00000264. The van der Waals surface area contributed by atoms with Gasteiger partial charge in [-0.05, 0) is 95.3 Å². The molecular formula is C32H41Cl3N6O3. The van der Waals surface area contributed by atoms with Gasteiger partial charge in [-0.1, -0.05) is 23.2 Å². The third-order valence-corrected chi connectivity index (χ3v) is 7.59. The lowest BCUT2D eigenvalue weighted by Gasteiger charge is -2.26. The normalized spacial score (nSPS) is 17.8. The highest BCUT2D eigenvalue weighted by atomic mass is 35.5. The molecule has 1 fully saturated rings. The molecule has 1 aromatic heterocycles. The number of halogens is 3. The number of carbonyl (C=O) groups excluding carboxylic acids is 1. The zero-order valence-electron chi connectivity index (χ0n) is 25.2. The van der Waals surface area contributed by atoms with Crippen LogP contribution in [0.3, 0.4) is 0 Å². The SMILES string of the molecule is CC(C)(C)NC(=O)c1cccc(Oc2ccc(Nc3ncnc4c3C=C(CN[C@H]3CC[C@H](O)CC3)CCN4)cc2Cl)c1.Cl.Cl. The predicted octanol–water partition coefficient (Wildman–Crippen LogP) is 7.13. The van der Waals surface area contributed by atoms with Crippen LogP contribution in [0.1, 0.15) is 68.8 Å². The van der Waals surface area contributed by atoms with Crippen LogP contribution in [-0.2, 0) is 0 Å². The first-order valence-electron chi connectivity index (χ1n) is 14.5. The van der Waals surface area contributed by atoms with E-state index in [1.54, 1.807) is 42.7 Å². The minimum absolute atomic E-state index is 0. The first-order valence-corrected chi connectivity index (χ1v) is 14.9. The van der Waals surface area contributed by atoms with Crippen LogP contribution in [-0.4, -0.2) is 51.8 Å². The van der Waals surface area contributed by atoms with E-state index in [1.807, 2.05) is 26.8 Å². The topological polar surface area (TPSA) is 120 Å². The number of anilines is 3. The average Bonchev–Trinajstić information content (AvgIpc) is 3.16. The molecule has 44 heavy (non-hydrogen) atoms. The van der Waals surface area contributed by atoms with E-state index in [1.165, 1.54) is 5.57 Å². The van der Waals surface area contributed by atoms with E-state index in [0.29, 0.717) is 33.9 Å². The van der Waals surface area contributed by atoms with Crippen LogP contribution in [0.15, 0.2) is 54.4 Å². The summed E-state index contributed by atoms with van der Waals surface area (Å²) >= 11 is 6.63. The van der Waals surface area contributed by atoms with Crippen molar-refractivity contribution in [3.63, 3.8) is 0 Å². The van der Waals surface area contributed by atoms with Gasteiger partial charge in [-0.3, -0.25) is 4.79 Å². The molecule has 9 nitrogen and oxygen atoms in total. The molecule has 238 valence electrons. The monoisotopic (exact) mass is 662 g/mol. The van der Waals surface area contributed by atoms with Gasteiger partial charge < -0.3 is 31.1 Å². The summed E-state index contributed by atoms with van der Waals surface area (Å²) in [5.74, 6) is 2.28. The van der Waals surface area contributed by atoms with Crippen LogP contribution < -0.4 is 26.0 Å². The summed E-state index contributed by atoms with van der Waals surface area (Å²) in [5.41, 5.74) is 3.09. The van der Waals surface area contributed by atoms with E-state index in [-0.39, 0.29) is 42.4 Å². The van der Waals surface area contributed by atoms with E-state index in [4.69, 9.17) is 16.3 Å². The summed E-state index contributed by atoms with van der Waals surface area (Å²) in [4.78, 5) is 21.6. The zero-order valence-corrected chi connectivity index (χ0v) is 27.5. The fourth-order valence-corrected chi connectivity index (χ4v) is 5.34. The molecular weight excluding hydrogens is 623 g/mol. The van der Waals surface area contributed by atoms with Crippen molar-refractivity contribution in [3.05, 3.63) is 70.5 Å². The van der Waals surface area contributed by atoms with Crippen molar-refractivity contribution in [2.24, 2.45) is 0 Å². The number of nitrogens with zero attached hydrogens (tertiary/aromatic N) is 2. The van der Waals surface area contributed by atoms with Crippen molar-refractivity contribution in [3.8, 4) is 11.5 Å². The molecule has 5 N–H and O–H groups in total. The van der Waals surface area contributed by atoms with Crippen LogP contribution >= 0.6 is 36.4 Å². The summed E-state index contributed by atoms with van der Waals surface area (Å²) in [6.07, 6.45) is 8.15. The zero-order chi connectivity index (χ0) is 29.7. The lowest BCUT2D eigenvalue weighted by atomic mass is 9.93. The van der Waals surface area contributed by atoms with Crippen LogP contribution in [0.2, 0.25) is 5.02 Å². The summed E-state index contributed by atoms with van der Waals surface area (Å²) in [6.45, 7) is 7.39. The standard InChI is InChI=1S/C32H39ClN6O3.2ClH/c1-32(2,3)39-31(41)21-5-4-6-25(16-21)42-28-12-9-23(17-27(28)33)38-30-26-15-20(13-14-34-29(26)36-19-37-30)18-35-22-7-10-24(40)11-8-22;;/h4-6,9,12,15-17,19,22,24,35,40H,7-8,10-11,13-14,18H2,1-3H3,(H,39,41)(H2,34,36,37,38);2*1H/t22-,24-;;. The molecule has 1 amide bonds. The number of fused-ring (bicyclic) bond motifs is 1. The number of hydrogen-bond acceptors (Lipinski definition) is 8. The number of nitrogens with one attached hydrogen (secondary N) is 4. The van der Waals surface area contributed by atoms with Gasteiger partial charge in [-0.2, -0.15) is 0 Å². The number of amides is 1. The van der Waals surface area contributed by atoms with Crippen molar-refractivity contribution < 1.29 is 14.6 Å². The summed E-state index contributed by atoms with van der Waals surface area (Å²) in [5, 5.41) is 23.7. The number of rotatable bonds is 8. The second kappa shape index (κ2) is 15.8.